The van der Waals surface area contributed by atoms with E-state index in [-0.39, 0.29) is 43.8 Å². The Labute approximate surface area is 750 Å². The summed E-state index contributed by atoms with van der Waals surface area (Å²) in [4.78, 5) is 10.3. The van der Waals surface area contributed by atoms with Gasteiger partial charge in [-0.25, -0.2) is 0 Å². The summed E-state index contributed by atoms with van der Waals surface area (Å²) in [5.41, 5.74) is 43.6. The van der Waals surface area contributed by atoms with Crippen LogP contribution < -0.4 is 19.6 Å². The number of para-hydroxylation sites is 4. The topological polar surface area (TPSA) is 13.0 Å². The maximum atomic E-state index is 2.61. The second-order valence-corrected chi connectivity index (χ2v) is 44.1. The molecule has 0 radical (unpaired) electrons. The Hall–Kier alpha value is -10.2. The van der Waals surface area contributed by atoms with E-state index in [1.165, 1.54) is 194 Å². The van der Waals surface area contributed by atoms with Crippen LogP contribution in [0.5, 0.6) is 0 Å². The normalized spacial score (nSPS) is 15.7. The van der Waals surface area contributed by atoms with E-state index in [1.54, 1.807) is 5.56 Å². The van der Waals surface area contributed by atoms with Crippen molar-refractivity contribution in [1.82, 2.24) is 0 Å². The molecule has 4 nitrogen and oxygen atoms in total. The number of rotatable bonds is 13. The summed E-state index contributed by atoms with van der Waals surface area (Å²) in [5.74, 6) is 1.51. The van der Waals surface area contributed by atoms with E-state index in [1.807, 2.05) is 0 Å². The molecule has 17 rings (SSSR count). The van der Waals surface area contributed by atoms with Crippen molar-refractivity contribution in [2.45, 2.75) is 308 Å². The van der Waals surface area contributed by atoms with Crippen molar-refractivity contribution in [1.29, 1.82) is 0 Å². The van der Waals surface area contributed by atoms with E-state index in [2.05, 4.69) is 476 Å². The predicted octanol–water partition coefficient (Wildman–Crippen LogP) is 34.4. The van der Waals surface area contributed by atoms with Gasteiger partial charge in [0.05, 0.1) is 0 Å². The molecule has 0 N–H and O–H groups in total. The summed E-state index contributed by atoms with van der Waals surface area (Å²) in [6, 6.07) is 93.3. The molecule has 0 atom stereocenters. The highest BCUT2D eigenvalue weighted by molar-refractivity contribution is 5.91. The predicted molar refractivity (Wildman–Crippen MR) is 541 cm³/mol. The fourth-order valence-electron chi connectivity index (χ4n) is 21.8. The Morgan fingerprint density at radius 2 is 0.629 bits per heavy atom. The lowest BCUT2D eigenvalue weighted by Crippen LogP contribution is -2.39. The summed E-state index contributed by atoms with van der Waals surface area (Å²) >= 11 is 0. The van der Waals surface area contributed by atoms with Gasteiger partial charge in [0.2, 0.25) is 0 Å². The van der Waals surface area contributed by atoms with Crippen LogP contribution in [0.3, 0.4) is 0 Å². The van der Waals surface area contributed by atoms with Crippen LogP contribution in [0, 0.1) is 19.3 Å². The van der Waals surface area contributed by atoms with Gasteiger partial charge in [-0.15, -0.1) is 0 Å². The van der Waals surface area contributed by atoms with Crippen molar-refractivity contribution >= 4 is 45.5 Å². The molecule has 646 valence electrons. The molecule has 12 aromatic carbocycles. The van der Waals surface area contributed by atoms with Gasteiger partial charge in [0, 0.05) is 89.3 Å². The number of benzene rings is 12. The molecule has 0 unspecified atom stereocenters. The number of hydrogen-bond acceptors (Lipinski definition) is 4. The standard InChI is InChI=1S/C33H41N.C31H39N.C29H35N.C27H31N/c1-31(2,3)34(24-13-9-8-10-14-24)30-22-27-25-15-11-12-16-28(25)33(6,7)29(27)21-26(30)23-17-19-32(4,5)20-18-23;1-20(2)22-14-11-13-17-28(22)32(30(5,6)7)29-19-25-23-15-10-12-16-26(23)31(8,9)27(25)18-24(29)21(3)4;1-8-20-14-10-13-17-26(20)30(28(3,4)5)27-19-23-22-15-11-12-16-24(22)29(6,7)25(23)18-21(27)9-2;1-18-12-8-11-15-24(18)28(26(3,4)5)25-17-21-20-13-9-10-14-22(20)27(6,7)23(21)16-19(25)2/h8-16,21-23H,17-20H2,1-7H3;10-21H,1-9H3;10-19H,8-9H2,1-7H3;8-17H,1-7H3. The van der Waals surface area contributed by atoms with Gasteiger partial charge in [0.25, 0.3) is 0 Å². The second kappa shape index (κ2) is 33.6. The smallest absolute Gasteiger partial charge is 0.0457 e. The van der Waals surface area contributed by atoms with Gasteiger partial charge < -0.3 is 19.6 Å². The van der Waals surface area contributed by atoms with Gasteiger partial charge in [0.15, 0.2) is 0 Å². The Kier molecular flexibility index (Phi) is 24.4. The van der Waals surface area contributed by atoms with E-state index in [0.29, 0.717) is 23.2 Å². The van der Waals surface area contributed by atoms with Crippen LogP contribution in [0.25, 0.3) is 44.5 Å². The molecule has 1 fully saturated rings. The first kappa shape index (κ1) is 90.1. The Balaban J connectivity index is 0.000000135. The quantitative estimate of drug-likeness (QED) is 0.114. The SMILES string of the molecule is CC(C)c1ccccc1N(c1cc2c(cc1C(C)C)C(C)(C)c1ccccc1-2)C(C)(C)C.CC1(C)CCC(c2cc3c(cc2N(c2ccccc2)C(C)(C)C)-c2ccccc2C3(C)C)CC1.CCc1ccccc1N(c1cc2c(cc1CC)C(C)(C)c1ccccc1-2)C(C)(C)C.Cc1ccccc1N(c1cc2c(cc1C)C(C)(C)c1ccccc1-2)C(C)(C)C. The lowest BCUT2D eigenvalue weighted by molar-refractivity contribution is 0.224. The highest BCUT2D eigenvalue weighted by Gasteiger charge is 2.44. The Morgan fingerprint density at radius 3 is 1.07 bits per heavy atom. The monoisotopic (exact) mass is 1640 g/mol. The summed E-state index contributed by atoms with van der Waals surface area (Å²) < 4.78 is 0. The third-order valence-electron chi connectivity index (χ3n) is 28.4. The number of fused-ring (bicyclic) bond motifs is 12. The first-order valence-electron chi connectivity index (χ1n) is 46.8. The van der Waals surface area contributed by atoms with Crippen LogP contribution in [-0.4, -0.2) is 22.2 Å². The fourth-order valence-corrected chi connectivity index (χ4v) is 21.8. The molecule has 0 bridgehead atoms. The molecule has 0 saturated heterocycles. The molecule has 12 aromatic rings. The third kappa shape index (κ3) is 16.7. The molecule has 0 aromatic heterocycles. The number of aryl methyl sites for hydroxylation is 4. The summed E-state index contributed by atoms with van der Waals surface area (Å²) in [6.07, 6.45) is 7.22. The van der Waals surface area contributed by atoms with Crippen molar-refractivity contribution in [3.63, 3.8) is 0 Å². The first-order chi connectivity index (χ1) is 58.2. The minimum atomic E-state index is -0.0590. The molecule has 124 heavy (non-hydrogen) atoms. The van der Waals surface area contributed by atoms with Crippen LogP contribution in [0.15, 0.2) is 249 Å². The van der Waals surface area contributed by atoms with E-state index in [4.69, 9.17) is 0 Å². The maximum Gasteiger partial charge on any atom is 0.0457 e. The minimum Gasteiger partial charge on any atom is -0.336 e. The number of anilines is 8. The molecule has 0 aliphatic heterocycles. The van der Waals surface area contributed by atoms with Crippen molar-refractivity contribution in [3.8, 4) is 44.5 Å². The van der Waals surface area contributed by atoms with Crippen LogP contribution in [0.2, 0.25) is 0 Å². The zero-order valence-corrected chi connectivity index (χ0v) is 81.4. The van der Waals surface area contributed by atoms with Gasteiger partial charge in [-0.2, -0.15) is 0 Å². The van der Waals surface area contributed by atoms with Gasteiger partial charge in [0.1, 0.15) is 0 Å². The van der Waals surface area contributed by atoms with E-state index < -0.39 is 0 Å². The molecule has 0 amide bonds. The lowest BCUT2D eigenvalue weighted by atomic mass is 9.70. The van der Waals surface area contributed by atoms with Crippen LogP contribution in [0.1, 0.15) is 321 Å². The molecule has 0 spiro atoms. The first-order valence-corrected chi connectivity index (χ1v) is 46.8. The lowest BCUT2D eigenvalue weighted by Gasteiger charge is -2.42. The highest BCUT2D eigenvalue weighted by atomic mass is 15.2. The average molecular weight is 1640 g/mol. The number of hydrogen-bond donors (Lipinski definition) is 0. The van der Waals surface area contributed by atoms with Crippen molar-refractivity contribution in [2.24, 2.45) is 5.41 Å². The zero-order chi connectivity index (χ0) is 89.7. The Morgan fingerprint density at radius 1 is 0.282 bits per heavy atom. The van der Waals surface area contributed by atoms with Gasteiger partial charge >= 0.3 is 0 Å². The summed E-state index contributed by atoms with van der Waals surface area (Å²) in [7, 11) is 0. The van der Waals surface area contributed by atoms with Crippen molar-refractivity contribution in [3.05, 3.63) is 332 Å². The average Bonchev–Trinajstić information content (AvgIpc) is 1.56. The summed E-state index contributed by atoms with van der Waals surface area (Å²) in [5, 5.41) is 0. The fraction of sp³-hybridized carbons (Fsp3) is 0.400. The maximum absolute atomic E-state index is 2.61. The van der Waals surface area contributed by atoms with Gasteiger partial charge in [-0.3, -0.25) is 0 Å². The van der Waals surface area contributed by atoms with Crippen molar-refractivity contribution in [2.75, 3.05) is 19.6 Å². The second-order valence-electron chi connectivity index (χ2n) is 44.1. The van der Waals surface area contributed by atoms with Gasteiger partial charge in [-0.05, 0) is 341 Å². The Bertz CT molecular complexity index is 5910. The van der Waals surface area contributed by atoms with E-state index >= 15 is 0 Å². The van der Waals surface area contributed by atoms with Crippen LogP contribution in [-0.2, 0) is 34.5 Å². The van der Waals surface area contributed by atoms with E-state index in [0.717, 1.165) is 12.8 Å². The molecule has 5 aliphatic carbocycles. The van der Waals surface area contributed by atoms with Gasteiger partial charge in [-0.1, -0.05) is 305 Å². The largest absolute Gasteiger partial charge is 0.336 e. The van der Waals surface area contributed by atoms with Crippen LogP contribution in [0.4, 0.5) is 45.5 Å². The van der Waals surface area contributed by atoms with Crippen LogP contribution >= 0.6 is 0 Å². The molecule has 4 heteroatoms. The summed E-state index contributed by atoms with van der Waals surface area (Å²) in [6.45, 7) is 70.0. The molecular weight excluding hydrogens is 1500 g/mol. The number of nitrogens with zero attached hydrogens (tertiary/aromatic N) is 4. The highest BCUT2D eigenvalue weighted by Crippen LogP contribution is 2.59. The zero-order valence-electron chi connectivity index (χ0n) is 81.4. The molecular formula is C120H146N4. The molecule has 0 heterocycles. The molecule has 5 aliphatic rings. The van der Waals surface area contributed by atoms with Crippen molar-refractivity contribution < 1.29 is 0 Å². The molecule has 1 saturated carbocycles. The minimum absolute atomic E-state index is 0.0243. The van der Waals surface area contributed by atoms with E-state index in [9.17, 15) is 0 Å². The third-order valence-corrected chi connectivity index (χ3v) is 28.4.